The molecule has 0 radical (unpaired) electrons. The Morgan fingerprint density at radius 3 is 1.55 bits per heavy atom. The first kappa shape index (κ1) is 48.3. The maximum atomic E-state index is 13.7. The molecule has 0 saturated carbocycles. The van der Waals surface area contributed by atoms with Gasteiger partial charge in [0.15, 0.2) is 0 Å². The molecule has 0 aliphatic heterocycles. The third kappa shape index (κ3) is 27.5. The summed E-state index contributed by atoms with van der Waals surface area (Å²) in [5, 5.41) is 0. The van der Waals surface area contributed by atoms with Crippen LogP contribution < -0.4 is 0 Å². The van der Waals surface area contributed by atoms with Gasteiger partial charge in [-0.15, -0.1) is 0 Å². The molecule has 1 aromatic heterocycles. The first-order chi connectivity index (χ1) is 26.0. The molecule has 53 heavy (non-hydrogen) atoms. The molecule has 0 spiro atoms. The minimum Gasteiger partial charge on any atom is -0.464 e. The van der Waals surface area contributed by atoms with Crippen molar-refractivity contribution in [3.05, 3.63) is 42.5 Å². The van der Waals surface area contributed by atoms with Gasteiger partial charge in [-0.25, -0.2) is 9.78 Å². The van der Waals surface area contributed by atoms with E-state index in [0.29, 0.717) is 12.1 Å². The number of imide groups is 1. The number of nitrogens with one attached hydrogen (secondary N) is 1. The Morgan fingerprint density at radius 1 is 0.623 bits per heavy atom. The van der Waals surface area contributed by atoms with Gasteiger partial charge in [-0.2, -0.15) is 0 Å². The third-order valence-corrected chi connectivity index (χ3v) is 10.2. The van der Waals surface area contributed by atoms with Crippen molar-refractivity contribution >= 4 is 17.8 Å². The third-order valence-electron chi connectivity index (χ3n) is 10.2. The fourth-order valence-corrected chi connectivity index (χ4v) is 6.76. The number of allylic oxidation sites excluding steroid dienone is 3. The summed E-state index contributed by atoms with van der Waals surface area (Å²) in [6, 6.07) is -1.03. The van der Waals surface area contributed by atoms with Crippen LogP contribution in [0.25, 0.3) is 0 Å². The summed E-state index contributed by atoms with van der Waals surface area (Å²) in [7, 11) is 0. The van der Waals surface area contributed by atoms with Gasteiger partial charge in [-0.1, -0.05) is 174 Å². The first-order valence-electron chi connectivity index (χ1n) is 22.4. The molecular weight excluding hydrogens is 659 g/mol. The highest BCUT2D eigenvalue weighted by molar-refractivity contribution is 6.04. The number of aromatic amines is 1. The van der Waals surface area contributed by atoms with E-state index in [1.54, 1.807) is 12.5 Å². The zero-order chi connectivity index (χ0) is 38.5. The standard InChI is InChI=1S/C46H81N3O4/c1-4-7-10-12-14-16-18-20-22-24-26-28-30-32-34-36-44(50)49(43(39-42-40-47-41-48-42)46(52)53-38-9-6-3)45(51)37-35-33-31-29-27-25-23-21-19-17-15-13-11-8-5-2/h20,22,35,37,40-41,43H,4-19,21,23-34,36,38-39H2,1-3H3,(H,47,48)/b22-20-,37-35?/t43-/m0/s1. The number of imidazole rings is 1. The lowest BCUT2D eigenvalue weighted by Gasteiger charge is -2.28. The summed E-state index contributed by atoms with van der Waals surface area (Å²) in [5.74, 6) is -1.28. The van der Waals surface area contributed by atoms with Gasteiger partial charge in [0.2, 0.25) is 5.91 Å². The summed E-state index contributed by atoms with van der Waals surface area (Å²) >= 11 is 0. The van der Waals surface area contributed by atoms with Crippen LogP contribution in [0.15, 0.2) is 36.8 Å². The van der Waals surface area contributed by atoms with Crippen molar-refractivity contribution in [1.29, 1.82) is 0 Å². The van der Waals surface area contributed by atoms with Gasteiger partial charge in [0.25, 0.3) is 5.91 Å². The van der Waals surface area contributed by atoms with Gasteiger partial charge >= 0.3 is 5.97 Å². The number of unbranched alkanes of at least 4 members (excludes halogenated alkanes) is 25. The highest BCUT2D eigenvalue weighted by Gasteiger charge is 2.35. The molecular formula is C46H81N3O4. The van der Waals surface area contributed by atoms with Crippen LogP contribution >= 0.6 is 0 Å². The van der Waals surface area contributed by atoms with E-state index in [9.17, 15) is 14.4 Å². The predicted molar refractivity (Wildman–Crippen MR) is 223 cm³/mol. The van der Waals surface area contributed by atoms with E-state index in [4.69, 9.17) is 4.74 Å². The molecule has 0 fully saturated rings. The first-order valence-corrected chi connectivity index (χ1v) is 22.4. The van der Waals surface area contributed by atoms with Gasteiger partial charge in [0, 0.05) is 24.7 Å². The van der Waals surface area contributed by atoms with Gasteiger partial charge in [0.1, 0.15) is 6.04 Å². The molecule has 7 nitrogen and oxygen atoms in total. The van der Waals surface area contributed by atoms with Gasteiger partial charge in [-0.05, 0) is 57.4 Å². The summed E-state index contributed by atoms with van der Waals surface area (Å²) < 4.78 is 5.59. The van der Waals surface area contributed by atoms with Crippen LogP contribution in [0.5, 0.6) is 0 Å². The molecule has 1 atom stereocenters. The lowest BCUT2D eigenvalue weighted by Crippen LogP contribution is -2.50. The Balaban J connectivity index is 2.57. The highest BCUT2D eigenvalue weighted by Crippen LogP contribution is 2.17. The monoisotopic (exact) mass is 740 g/mol. The van der Waals surface area contributed by atoms with E-state index in [1.165, 1.54) is 127 Å². The highest BCUT2D eigenvalue weighted by atomic mass is 16.5. The lowest BCUT2D eigenvalue weighted by atomic mass is 10.0. The number of amides is 2. The van der Waals surface area contributed by atoms with Crippen molar-refractivity contribution in [1.82, 2.24) is 14.9 Å². The van der Waals surface area contributed by atoms with Crippen LogP contribution in [0.1, 0.15) is 219 Å². The fourth-order valence-electron chi connectivity index (χ4n) is 6.76. The van der Waals surface area contributed by atoms with Crippen LogP contribution in [0.2, 0.25) is 0 Å². The molecule has 0 aliphatic carbocycles. The number of esters is 1. The second-order valence-corrected chi connectivity index (χ2v) is 15.2. The van der Waals surface area contributed by atoms with Crippen LogP contribution in [0.4, 0.5) is 0 Å². The molecule has 7 heteroatoms. The van der Waals surface area contributed by atoms with Crippen molar-refractivity contribution in [3.8, 4) is 0 Å². The zero-order valence-corrected chi connectivity index (χ0v) is 34.7. The van der Waals surface area contributed by atoms with Crippen molar-refractivity contribution < 1.29 is 19.1 Å². The lowest BCUT2D eigenvalue weighted by molar-refractivity contribution is -0.160. The van der Waals surface area contributed by atoms with E-state index in [0.717, 1.165) is 64.2 Å². The molecule has 0 aromatic carbocycles. The van der Waals surface area contributed by atoms with E-state index < -0.39 is 17.9 Å². The number of aromatic nitrogens is 2. The second kappa shape index (κ2) is 36.3. The molecule has 0 unspecified atom stereocenters. The number of hydrogen-bond acceptors (Lipinski definition) is 5. The van der Waals surface area contributed by atoms with Crippen molar-refractivity contribution in [2.75, 3.05) is 6.61 Å². The van der Waals surface area contributed by atoms with E-state index in [2.05, 4.69) is 36.0 Å². The molecule has 0 aliphatic rings. The average Bonchev–Trinajstić information content (AvgIpc) is 3.68. The predicted octanol–water partition coefficient (Wildman–Crippen LogP) is 13.1. The average molecular weight is 740 g/mol. The Morgan fingerprint density at radius 2 is 1.08 bits per heavy atom. The van der Waals surface area contributed by atoms with Crippen LogP contribution in [0, 0.1) is 0 Å². The summed E-state index contributed by atoms with van der Waals surface area (Å²) in [4.78, 5) is 49.1. The normalized spacial score (nSPS) is 12.2. The Labute approximate surface area is 326 Å². The maximum absolute atomic E-state index is 13.7. The second-order valence-electron chi connectivity index (χ2n) is 15.2. The van der Waals surface area contributed by atoms with Crippen LogP contribution in [-0.4, -0.2) is 45.3 Å². The Kier molecular flexibility index (Phi) is 33.1. The van der Waals surface area contributed by atoms with Crippen molar-refractivity contribution in [2.45, 2.75) is 226 Å². The maximum Gasteiger partial charge on any atom is 0.329 e. The smallest absolute Gasteiger partial charge is 0.329 e. The summed E-state index contributed by atoms with van der Waals surface area (Å²) in [5.41, 5.74) is 0.685. The minimum atomic E-state index is -1.03. The number of carbonyl (C=O) groups excluding carboxylic acids is 3. The molecule has 304 valence electrons. The SMILES string of the molecule is CCCCCCCC/C=C\CCCCCCCC(=O)N(C(=O)C=CCCCCCCCCCCCCCCC)[C@@H](Cc1cnc[nH]1)C(=O)OCCCC. The molecule has 1 N–H and O–H groups in total. The topological polar surface area (TPSA) is 92.4 Å². The molecule has 1 rings (SSSR count). The van der Waals surface area contributed by atoms with Crippen LogP contribution in [0.3, 0.4) is 0 Å². The number of rotatable bonds is 37. The number of H-pyrrole nitrogens is 1. The van der Waals surface area contributed by atoms with Gasteiger partial charge < -0.3 is 9.72 Å². The van der Waals surface area contributed by atoms with E-state index in [-0.39, 0.29) is 25.4 Å². The number of nitrogens with zero attached hydrogens (tertiary/aromatic N) is 2. The largest absolute Gasteiger partial charge is 0.464 e. The Bertz CT molecular complexity index is 1050. The van der Waals surface area contributed by atoms with Crippen molar-refractivity contribution in [2.24, 2.45) is 0 Å². The molecule has 0 saturated heterocycles. The molecule has 0 bridgehead atoms. The number of hydrogen-bond donors (Lipinski definition) is 1. The van der Waals surface area contributed by atoms with Gasteiger partial charge in [0.05, 0.1) is 12.9 Å². The molecule has 2 amide bonds. The summed E-state index contributed by atoms with van der Waals surface area (Å²) in [6.45, 7) is 6.83. The molecule has 1 aromatic rings. The number of carbonyl (C=O) groups is 3. The number of ether oxygens (including phenoxy) is 1. The van der Waals surface area contributed by atoms with Crippen LogP contribution in [-0.2, 0) is 25.5 Å². The summed E-state index contributed by atoms with van der Waals surface area (Å²) in [6.07, 6.45) is 46.2. The van der Waals surface area contributed by atoms with Gasteiger partial charge in [-0.3, -0.25) is 14.5 Å². The Hall–Kier alpha value is -2.70. The zero-order valence-electron chi connectivity index (χ0n) is 34.7. The molecule has 1 heterocycles. The van der Waals surface area contributed by atoms with Crippen molar-refractivity contribution in [3.63, 3.8) is 0 Å². The fraction of sp³-hybridized carbons (Fsp3) is 0.783. The van der Waals surface area contributed by atoms with E-state index in [1.807, 2.05) is 13.0 Å². The minimum absolute atomic E-state index is 0.154. The van der Waals surface area contributed by atoms with E-state index >= 15 is 0 Å². The quantitative estimate of drug-likeness (QED) is 0.0317.